The van der Waals surface area contributed by atoms with Crippen molar-refractivity contribution in [3.05, 3.63) is 47.5 Å². The van der Waals surface area contributed by atoms with Crippen LogP contribution in [0.15, 0.2) is 36.4 Å². The Morgan fingerprint density at radius 2 is 1.93 bits per heavy atom. The van der Waals surface area contributed by atoms with E-state index in [9.17, 15) is 9.59 Å². The second-order valence-electron chi connectivity index (χ2n) is 7.10. The summed E-state index contributed by atoms with van der Waals surface area (Å²) in [7, 11) is 0. The van der Waals surface area contributed by atoms with Crippen molar-refractivity contribution in [1.82, 2.24) is 0 Å². The molecule has 2 aromatic rings. The summed E-state index contributed by atoms with van der Waals surface area (Å²) in [6.45, 7) is 6.40. The van der Waals surface area contributed by atoms with Gasteiger partial charge < -0.3 is 19.5 Å². The zero-order valence-corrected chi connectivity index (χ0v) is 17.1. The second kappa shape index (κ2) is 9.45. The van der Waals surface area contributed by atoms with E-state index in [0.717, 1.165) is 17.7 Å². The maximum Gasteiger partial charge on any atom is 0.224 e. The van der Waals surface area contributed by atoms with Gasteiger partial charge in [0.05, 0.1) is 18.9 Å². The molecule has 1 amide bonds. The fourth-order valence-electron chi connectivity index (χ4n) is 3.23. The molecule has 1 N–H and O–H groups in total. The predicted molar refractivity (Wildman–Crippen MR) is 111 cm³/mol. The third-order valence-corrected chi connectivity index (χ3v) is 4.65. The standard InChI is InChI=1S/C23H27NO5/c1-4-27-22-13-18-12-15(2)29-21(18)14-20(22)24-23(26)6-5-11-28-19-9-7-17(8-10-19)16(3)25/h7-10,13-15H,4-6,11-12H2,1-3H3,(H,24,26). The Hall–Kier alpha value is -3.02. The van der Waals surface area contributed by atoms with Gasteiger partial charge in [-0.2, -0.15) is 0 Å². The van der Waals surface area contributed by atoms with Crippen LogP contribution in [0.3, 0.4) is 0 Å². The summed E-state index contributed by atoms with van der Waals surface area (Å²) in [4.78, 5) is 23.6. The molecule has 0 aromatic heterocycles. The number of hydrogen-bond acceptors (Lipinski definition) is 5. The van der Waals surface area contributed by atoms with E-state index in [1.54, 1.807) is 24.3 Å². The van der Waals surface area contributed by atoms with Crippen LogP contribution >= 0.6 is 0 Å². The molecule has 1 unspecified atom stereocenters. The molecule has 6 nitrogen and oxygen atoms in total. The van der Waals surface area contributed by atoms with Gasteiger partial charge in [0.2, 0.25) is 5.91 Å². The fourth-order valence-corrected chi connectivity index (χ4v) is 3.23. The number of hydrogen-bond donors (Lipinski definition) is 1. The normalized spacial score (nSPS) is 14.7. The number of carbonyl (C=O) groups excluding carboxylic acids is 2. The molecular formula is C23H27NO5. The maximum atomic E-state index is 12.4. The van der Waals surface area contributed by atoms with Crippen LogP contribution in [0.2, 0.25) is 0 Å². The molecule has 0 spiro atoms. The first-order chi connectivity index (χ1) is 14.0. The second-order valence-corrected chi connectivity index (χ2v) is 7.10. The minimum Gasteiger partial charge on any atom is -0.494 e. The summed E-state index contributed by atoms with van der Waals surface area (Å²) in [5, 5.41) is 2.92. The zero-order chi connectivity index (χ0) is 20.8. The summed E-state index contributed by atoms with van der Waals surface area (Å²) in [5.41, 5.74) is 2.38. The largest absolute Gasteiger partial charge is 0.494 e. The first-order valence-electron chi connectivity index (χ1n) is 9.96. The molecular weight excluding hydrogens is 370 g/mol. The van der Waals surface area contributed by atoms with E-state index in [1.165, 1.54) is 6.92 Å². The van der Waals surface area contributed by atoms with Crippen LogP contribution in [0.4, 0.5) is 5.69 Å². The molecule has 0 saturated heterocycles. The highest BCUT2D eigenvalue weighted by Crippen LogP contribution is 2.38. The summed E-state index contributed by atoms with van der Waals surface area (Å²) in [6.07, 6.45) is 1.87. The maximum absolute atomic E-state index is 12.4. The lowest BCUT2D eigenvalue weighted by Crippen LogP contribution is -2.14. The van der Waals surface area contributed by atoms with Crippen molar-refractivity contribution in [2.24, 2.45) is 0 Å². The van der Waals surface area contributed by atoms with Crippen LogP contribution in [-0.4, -0.2) is 31.0 Å². The van der Waals surface area contributed by atoms with Gasteiger partial charge in [-0.25, -0.2) is 0 Å². The Bertz CT molecular complexity index is 876. The lowest BCUT2D eigenvalue weighted by Gasteiger charge is -2.13. The minimum absolute atomic E-state index is 0.0195. The lowest BCUT2D eigenvalue weighted by molar-refractivity contribution is -0.116. The van der Waals surface area contributed by atoms with Crippen molar-refractivity contribution < 1.29 is 23.8 Å². The summed E-state index contributed by atoms with van der Waals surface area (Å²) in [6, 6.07) is 10.8. The Morgan fingerprint density at radius 3 is 2.62 bits per heavy atom. The number of carbonyl (C=O) groups is 2. The number of Topliss-reactive ketones (excluding diaryl/α,β-unsaturated/α-hetero) is 1. The van der Waals surface area contributed by atoms with Gasteiger partial charge >= 0.3 is 0 Å². The highest BCUT2D eigenvalue weighted by molar-refractivity contribution is 5.94. The van der Waals surface area contributed by atoms with E-state index in [1.807, 2.05) is 26.0 Å². The van der Waals surface area contributed by atoms with Crippen LogP contribution in [0.25, 0.3) is 0 Å². The van der Waals surface area contributed by atoms with Crippen LogP contribution < -0.4 is 19.5 Å². The number of fused-ring (bicyclic) bond motifs is 1. The van der Waals surface area contributed by atoms with Gasteiger partial charge in [-0.05, 0) is 57.5 Å². The lowest BCUT2D eigenvalue weighted by atomic mass is 10.1. The van der Waals surface area contributed by atoms with Crippen molar-refractivity contribution in [3.8, 4) is 17.2 Å². The molecule has 2 aromatic carbocycles. The van der Waals surface area contributed by atoms with E-state index in [4.69, 9.17) is 14.2 Å². The van der Waals surface area contributed by atoms with Gasteiger partial charge in [-0.3, -0.25) is 9.59 Å². The van der Waals surface area contributed by atoms with E-state index < -0.39 is 0 Å². The highest BCUT2D eigenvalue weighted by atomic mass is 16.5. The number of benzene rings is 2. The zero-order valence-electron chi connectivity index (χ0n) is 17.1. The van der Waals surface area contributed by atoms with Gasteiger partial charge in [-0.1, -0.05) is 0 Å². The van der Waals surface area contributed by atoms with Crippen molar-refractivity contribution in [2.45, 2.75) is 46.1 Å². The Balaban J connectivity index is 1.50. The third kappa shape index (κ3) is 5.50. The molecule has 1 aliphatic heterocycles. The predicted octanol–water partition coefficient (Wildman–Crippen LogP) is 4.41. The Morgan fingerprint density at radius 1 is 1.17 bits per heavy atom. The van der Waals surface area contributed by atoms with Crippen molar-refractivity contribution in [3.63, 3.8) is 0 Å². The van der Waals surface area contributed by atoms with Gasteiger partial charge in [-0.15, -0.1) is 0 Å². The van der Waals surface area contributed by atoms with Crippen LogP contribution in [0.5, 0.6) is 17.2 Å². The molecule has 154 valence electrons. The Kier molecular flexibility index (Phi) is 6.75. The first kappa shape index (κ1) is 20.7. The topological polar surface area (TPSA) is 73.9 Å². The van der Waals surface area contributed by atoms with Gasteiger partial charge in [0.25, 0.3) is 0 Å². The molecule has 1 atom stereocenters. The number of ether oxygens (including phenoxy) is 3. The Labute approximate surface area is 171 Å². The molecule has 1 aliphatic rings. The number of nitrogens with one attached hydrogen (secondary N) is 1. The van der Waals surface area contributed by atoms with E-state index >= 15 is 0 Å². The summed E-state index contributed by atoms with van der Waals surface area (Å²) < 4.78 is 17.1. The van der Waals surface area contributed by atoms with Crippen LogP contribution in [-0.2, 0) is 11.2 Å². The van der Waals surface area contributed by atoms with E-state index in [2.05, 4.69) is 5.32 Å². The van der Waals surface area contributed by atoms with Crippen molar-refractivity contribution in [1.29, 1.82) is 0 Å². The third-order valence-electron chi connectivity index (χ3n) is 4.65. The fraction of sp³-hybridized carbons (Fsp3) is 0.391. The molecule has 3 rings (SSSR count). The highest BCUT2D eigenvalue weighted by Gasteiger charge is 2.22. The summed E-state index contributed by atoms with van der Waals surface area (Å²) >= 11 is 0. The minimum atomic E-state index is -0.104. The monoisotopic (exact) mass is 397 g/mol. The molecule has 0 aliphatic carbocycles. The van der Waals surface area contributed by atoms with Crippen LogP contribution in [0, 0.1) is 0 Å². The van der Waals surface area contributed by atoms with Crippen molar-refractivity contribution >= 4 is 17.4 Å². The average Bonchev–Trinajstić information content (AvgIpc) is 3.05. The molecule has 0 fully saturated rings. The number of anilines is 1. The number of amides is 1. The SMILES string of the molecule is CCOc1cc2c(cc1NC(=O)CCCOc1ccc(C(C)=O)cc1)OC(C)C2. The number of rotatable bonds is 9. The van der Waals surface area contributed by atoms with E-state index in [0.29, 0.717) is 48.8 Å². The first-order valence-corrected chi connectivity index (χ1v) is 9.96. The molecule has 6 heteroatoms. The van der Waals surface area contributed by atoms with E-state index in [-0.39, 0.29) is 17.8 Å². The molecule has 0 bridgehead atoms. The smallest absolute Gasteiger partial charge is 0.224 e. The van der Waals surface area contributed by atoms with Crippen LogP contribution in [0.1, 0.15) is 49.5 Å². The van der Waals surface area contributed by atoms with Gasteiger partial charge in [0.15, 0.2) is 5.78 Å². The quantitative estimate of drug-likeness (QED) is 0.501. The molecule has 1 heterocycles. The molecule has 0 radical (unpaired) electrons. The molecule has 0 saturated carbocycles. The molecule has 29 heavy (non-hydrogen) atoms. The van der Waals surface area contributed by atoms with Crippen molar-refractivity contribution in [2.75, 3.05) is 18.5 Å². The summed E-state index contributed by atoms with van der Waals surface area (Å²) in [5.74, 6) is 2.06. The van der Waals surface area contributed by atoms with Gasteiger partial charge in [0, 0.05) is 30.0 Å². The number of ketones is 1. The van der Waals surface area contributed by atoms with Gasteiger partial charge in [0.1, 0.15) is 23.4 Å². The average molecular weight is 397 g/mol.